The third kappa shape index (κ3) is 5.75. The number of halogens is 1. The quantitative estimate of drug-likeness (QED) is 0.567. The first kappa shape index (κ1) is 14.1. The molecule has 0 unspecified atom stereocenters. The second kappa shape index (κ2) is 7.40. The van der Waals surface area contributed by atoms with Gasteiger partial charge in [0.05, 0.1) is 7.11 Å². The Kier molecular flexibility index (Phi) is 6.52. The Bertz CT molecular complexity index is 366. The average Bonchev–Trinajstić information content (AvgIpc) is 2.29. The largest absolute Gasteiger partial charge is 0.466 e. The summed E-state index contributed by atoms with van der Waals surface area (Å²) in [5.74, 6) is -0.555. The number of carbonyl (C=O) groups is 1. The number of rotatable bonds is 2. The first-order valence-corrected chi connectivity index (χ1v) is 4.63. The summed E-state index contributed by atoms with van der Waals surface area (Å²) in [5.41, 5.74) is 1.37. The van der Waals surface area contributed by atoms with Gasteiger partial charge < -0.3 is 4.74 Å². The van der Waals surface area contributed by atoms with Gasteiger partial charge in [-0.15, -0.1) is 0 Å². The van der Waals surface area contributed by atoms with E-state index >= 15 is 0 Å². The molecule has 0 atom stereocenters. The van der Waals surface area contributed by atoms with Crippen molar-refractivity contribution in [2.75, 3.05) is 7.11 Å². The molecule has 0 spiro atoms. The highest BCUT2D eigenvalue weighted by Gasteiger charge is 1.95. The molecule has 0 saturated heterocycles. The highest BCUT2D eigenvalue weighted by molar-refractivity contribution is 5.86. The van der Waals surface area contributed by atoms with Crippen molar-refractivity contribution in [2.45, 2.75) is 6.92 Å². The van der Waals surface area contributed by atoms with Gasteiger partial charge >= 0.3 is 5.97 Å². The minimum atomic E-state index is -0.347. The molecule has 1 aromatic carbocycles. The summed E-state index contributed by atoms with van der Waals surface area (Å²) in [4.78, 5) is 10.2. The van der Waals surface area contributed by atoms with Crippen LogP contribution >= 0.6 is 0 Å². The van der Waals surface area contributed by atoms with E-state index < -0.39 is 0 Å². The van der Waals surface area contributed by atoms with Crippen LogP contribution in [0, 0.1) is 5.82 Å². The van der Waals surface area contributed by atoms with Crippen molar-refractivity contribution in [2.24, 2.45) is 0 Å². The summed E-state index contributed by atoms with van der Waals surface area (Å²) in [7, 11) is 1.33. The predicted molar refractivity (Wildman–Crippen MR) is 63.3 cm³/mol. The maximum atomic E-state index is 12.2. The Morgan fingerprint density at radius 2 is 1.88 bits per heavy atom. The van der Waals surface area contributed by atoms with Crippen LogP contribution in [0.3, 0.4) is 0 Å². The van der Waals surface area contributed by atoms with Crippen molar-refractivity contribution in [1.82, 2.24) is 0 Å². The molecule has 0 aromatic heterocycles. The summed E-state index contributed by atoms with van der Waals surface area (Å²) >= 11 is 0. The summed E-state index contributed by atoms with van der Waals surface area (Å²) in [6.07, 6.45) is 1.68. The molecule has 0 radical (unpaired) electrons. The first-order chi connectivity index (χ1) is 7.51. The van der Waals surface area contributed by atoms with Crippen LogP contribution in [0.2, 0.25) is 0 Å². The van der Waals surface area contributed by atoms with Crippen LogP contribution in [0.5, 0.6) is 0 Å². The molecule has 0 bridgehead atoms. The molecule has 86 valence electrons. The van der Waals surface area contributed by atoms with Gasteiger partial charge in [0.25, 0.3) is 0 Å². The van der Waals surface area contributed by atoms with Gasteiger partial charge in [-0.2, -0.15) is 0 Å². The summed E-state index contributed by atoms with van der Waals surface area (Å²) in [6, 6.07) is 6.19. The second-order valence-corrected chi connectivity index (χ2v) is 3.03. The van der Waals surface area contributed by atoms with Crippen molar-refractivity contribution in [3.63, 3.8) is 0 Å². The normalized spacial score (nSPS) is 8.44. The van der Waals surface area contributed by atoms with E-state index in [1.807, 2.05) is 0 Å². The molecule has 0 amide bonds. The van der Waals surface area contributed by atoms with E-state index in [0.29, 0.717) is 5.57 Å². The van der Waals surface area contributed by atoms with E-state index in [-0.39, 0.29) is 11.8 Å². The molecule has 3 heteroatoms. The van der Waals surface area contributed by atoms with Crippen LogP contribution < -0.4 is 0 Å². The molecule has 0 saturated carbocycles. The lowest BCUT2D eigenvalue weighted by Crippen LogP contribution is -1.98. The Hall–Kier alpha value is -1.90. The lowest BCUT2D eigenvalue weighted by Gasteiger charge is -1.91. The Balaban J connectivity index is 0.000000293. The Morgan fingerprint density at radius 1 is 1.38 bits per heavy atom. The molecular weight excluding hydrogens is 207 g/mol. The SMILES string of the molecule is C=C(C)C(=O)OC.C=Cc1ccc(F)cc1. The fourth-order valence-electron chi connectivity index (χ4n) is 0.773. The minimum absolute atomic E-state index is 0.208. The third-order valence-electron chi connectivity index (χ3n) is 1.64. The zero-order valence-electron chi connectivity index (χ0n) is 9.50. The molecule has 16 heavy (non-hydrogen) atoms. The molecule has 1 aromatic rings. The van der Waals surface area contributed by atoms with Crippen molar-refractivity contribution < 1.29 is 13.9 Å². The van der Waals surface area contributed by atoms with E-state index in [0.717, 1.165) is 5.56 Å². The molecule has 0 N–H and O–H groups in total. The van der Waals surface area contributed by atoms with Gasteiger partial charge in [0.15, 0.2) is 0 Å². The van der Waals surface area contributed by atoms with Crippen LogP contribution in [0.4, 0.5) is 4.39 Å². The molecule has 1 rings (SSSR count). The summed E-state index contributed by atoms with van der Waals surface area (Å²) in [5, 5.41) is 0. The number of hydrogen-bond donors (Lipinski definition) is 0. The molecule has 0 heterocycles. The van der Waals surface area contributed by atoms with Gasteiger partial charge in [-0.25, -0.2) is 9.18 Å². The molecule has 2 nitrogen and oxygen atoms in total. The van der Waals surface area contributed by atoms with Crippen molar-refractivity contribution in [3.05, 3.63) is 54.4 Å². The molecular formula is C13H15FO2. The number of benzene rings is 1. The zero-order valence-corrected chi connectivity index (χ0v) is 9.50. The van der Waals surface area contributed by atoms with Crippen molar-refractivity contribution >= 4 is 12.0 Å². The number of hydrogen-bond acceptors (Lipinski definition) is 2. The average molecular weight is 222 g/mol. The maximum Gasteiger partial charge on any atom is 0.332 e. The minimum Gasteiger partial charge on any atom is -0.466 e. The van der Waals surface area contributed by atoms with Crippen molar-refractivity contribution in [1.29, 1.82) is 0 Å². The molecule has 0 fully saturated rings. The number of ether oxygens (including phenoxy) is 1. The third-order valence-corrected chi connectivity index (χ3v) is 1.64. The highest BCUT2D eigenvalue weighted by atomic mass is 19.1. The van der Waals surface area contributed by atoms with Gasteiger partial charge in [0, 0.05) is 5.57 Å². The zero-order chi connectivity index (χ0) is 12.6. The number of methoxy groups -OCH3 is 1. The first-order valence-electron chi connectivity index (χ1n) is 4.63. The van der Waals surface area contributed by atoms with Gasteiger partial charge in [0.1, 0.15) is 5.82 Å². The van der Waals surface area contributed by atoms with E-state index in [9.17, 15) is 9.18 Å². The maximum absolute atomic E-state index is 12.2. The summed E-state index contributed by atoms with van der Waals surface area (Å²) < 4.78 is 16.5. The number of carbonyl (C=O) groups excluding carboxylic acids is 1. The fraction of sp³-hybridized carbons (Fsp3) is 0.154. The fourth-order valence-corrected chi connectivity index (χ4v) is 0.773. The second-order valence-electron chi connectivity index (χ2n) is 3.03. The molecule has 0 aliphatic rings. The van der Waals surface area contributed by atoms with Gasteiger partial charge in [-0.05, 0) is 24.6 Å². The predicted octanol–water partition coefficient (Wildman–Crippen LogP) is 3.20. The molecule has 0 aliphatic carbocycles. The lowest BCUT2D eigenvalue weighted by molar-refractivity contribution is -0.136. The van der Waals surface area contributed by atoms with Crippen LogP contribution in [0.1, 0.15) is 12.5 Å². The monoisotopic (exact) mass is 222 g/mol. The Morgan fingerprint density at radius 3 is 2.12 bits per heavy atom. The number of esters is 1. The van der Waals surface area contributed by atoms with Crippen LogP contribution in [0.25, 0.3) is 6.08 Å². The van der Waals surface area contributed by atoms with Gasteiger partial charge in [-0.1, -0.05) is 31.4 Å². The molecule has 0 aliphatic heterocycles. The standard InChI is InChI=1S/C8H7F.C5H8O2/c1-2-7-3-5-8(9)6-4-7;1-4(2)5(6)7-3/h2-6H,1H2;1H2,2-3H3. The van der Waals surface area contributed by atoms with Gasteiger partial charge in [0.2, 0.25) is 0 Å². The van der Waals surface area contributed by atoms with Crippen molar-refractivity contribution in [3.8, 4) is 0 Å². The summed E-state index contributed by atoms with van der Waals surface area (Å²) in [6.45, 7) is 8.49. The Labute approximate surface area is 95.1 Å². The van der Waals surface area contributed by atoms with Crippen LogP contribution in [-0.2, 0) is 9.53 Å². The van der Waals surface area contributed by atoms with Crippen LogP contribution in [0.15, 0.2) is 43.0 Å². The highest BCUT2D eigenvalue weighted by Crippen LogP contribution is 2.02. The lowest BCUT2D eigenvalue weighted by atomic mass is 10.2. The van der Waals surface area contributed by atoms with E-state index in [4.69, 9.17) is 0 Å². The van der Waals surface area contributed by atoms with E-state index in [1.54, 1.807) is 25.1 Å². The van der Waals surface area contributed by atoms with Gasteiger partial charge in [-0.3, -0.25) is 0 Å². The van der Waals surface area contributed by atoms with Crippen LogP contribution in [-0.4, -0.2) is 13.1 Å². The smallest absolute Gasteiger partial charge is 0.332 e. The topological polar surface area (TPSA) is 26.3 Å². The van der Waals surface area contributed by atoms with E-state index in [2.05, 4.69) is 17.9 Å². The van der Waals surface area contributed by atoms with E-state index in [1.165, 1.54) is 19.2 Å².